The molecular weight excluding hydrogens is 238 g/mol. The van der Waals surface area contributed by atoms with Crippen LogP contribution in [0.2, 0.25) is 0 Å². The highest BCUT2D eigenvalue weighted by molar-refractivity contribution is 5.31. The molecule has 108 valence electrons. The van der Waals surface area contributed by atoms with Crippen molar-refractivity contribution < 1.29 is 9.47 Å². The average Bonchev–Trinajstić information content (AvgIpc) is 2.40. The molecule has 0 aliphatic heterocycles. The van der Waals surface area contributed by atoms with Gasteiger partial charge in [-0.1, -0.05) is 20.8 Å². The van der Waals surface area contributed by atoms with Crippen molar-refractivity contribution in [3.05, 3.63) is 24.3 Å². The average molecular weight is 265 g/mol. The van der Waals surface area contributed by atoms with Crippen LogP contribution in [0.1, 0.15) is 34.1 Å². The van der Waals surface area contributed by atoms with Crippen molar-refractivity contribution in [1.82, 2.24) is 5.32 Å². The van der Waals surface area contributed by atoms with E-state index < -0.39 is 0 Å². The Kier molecular flexibility index (Phi) is 7.34. The number of benzene rings is 1. The summed E-state index contributed by atoms with van der Waals surface area (Å²) in [7, 11) is 0. The molecule has 0 bridgehead atoms. The lowest BCUT2D eigenvalue weighted by Gasteiger charge is -2.22. The fourth-order valence-corrected chi connectivity index (χ4v) is 1.80. The van der Waals surface area contributed by atoms with Crippen LogP contribution in [-0.2, 0) is 0 Å². The van der Waals surface area contributed by atoms with Crippen LogP contribution in [0.3, 0.4) is 0 Å². The molecule has 19 heavy (non-hydrogen) atoms. The van der Waals surface area contributed by atoms with Crippen LogP contribution >= 0.6 is 0 Å². The minimum atomic E-state index is 0.395. The maximum Gasteiger partial charge on any atom is 0.119 e. The van der Waals surface area contributed by atoms with Crippen molar-refractivity contribution in [3.63, 3.8) is 0 Å². The normalized spacial score (nSPS) is 12.5. The van der Waals surface area contributed by atoms with E-state index in [9.17, 15) is 0 Å². The van der Waals surface area contributed by atoms with Gasteiger partial charge in [-0.15, -0.1) is 0 Å². The van der Waals surface area contributed by atoms with Gasteiger partial charge in [0.05, 0.1) is 6.61 Å². The van der Waals surface area contributed by atoms with Gasteiger partial charge in [0.15, 0.2) is 0 Å². The second-order valence-electron chi connectivity index (χ2n) is 5.02. The molecule has 0 saturated carbocycles. The Hall–Kier alpha value is -1.22. The zero-order valence-corrected chi connectivity index (χ0v) is 12.6. The van der Waals surface area contributed by atoms with Gasteiger partial charge in [-0.05, 0) is 50.1 Å². The van der Waals surface area contributed by atoms with Gasteiger partial charge in [0.1, 0.15) is 18.1 Å². The summed E-state index contributed by atoms with van der Waals surface area (Å²) in [4.78, 5) is 0. The van der Waals surface area contributed by atoms with E-state index >= 15 is 0 Å². The van der Waals surface area contributed by atoms with E-state index in [2.05, 4.69) is 26.1 Å². The second kappa shape index (κ2) is 8.81. The number of rotatable bonds is 9. The Morgan fingerprint density at radius 3 is 2.05 bits per heavy atom. The first-order chi connectivity index (χ1) is 9.17. The first-order valence-corrected chi connectivity index (χ1v) is 7.26. The Bertz CT molecular complexity index is 335. The zero-order valence-electron chi connectivity index (χ0n) is 12.6. The summed E-state index contributed by atoms with van der Waals surface area (Å²) in [5.74, 6) is 2.35. The standard InChI is InChI=1S/C16H27NO2/c1-5-11-17-16(13(3)4)12-19-15-9-7-14(8-10-15)18-6-2/h7-10,13,16-17H,5-6,11-12H2,1-4H3. The molecule has 0 aliphatic carbocycles. The van der Waals surface area contributed by atoms with E-state index in [1.807, 2.05) is 31.2 Å². The number of hydrogen-bond donors (Lipinski definition) is 1. The topological polar surface area (TPSA) is 30.5 Å². The van der Waals surface area contributed by atoms with E-state index in [1.165, 1.54) is 0 Å². The van der Waals surface area contributed by atoms with Gasteiger partial charge in [-0.25, -0.2) is 0 Å². The lowest BCUT2D eigenvalue weighted by molar-refractivity contribution is 0.230. The Morgan fingerprint density at radius 2 is 1.58 bits per heavy atom. The Labute approximate surface area is 117 Å². The number of nitrogens with one attached hydrogen (secondary N) is 1. The van der Waals surface area contributed by atoms with Crippen LogP contribution in [0.4, 0.5) is 0 Å². The zero-order chi connectivity index (χ0) is 14.1. The van der Waals surface area contributed by atoms with Gasteiger partial charge in [-0.2, -0.15) is 0 Å². The molecule has 0 amide bonds. The van der Waals surface area contributed by atoms with Crippen LogP contribution < -0.4 is 14.8 Å². The molecule has 1 atom stereocenters. The first-order valence-electron chi connectivity index (χ1n) is 7.26. The lowest BCUT2D eigenvalue weighted by atomic mass is 10.1. The van der Waals surface area contributed by atoms with Crippen LogP contribution in [0, 0.1) is 5.92 Å². The largest absolute Gasteiger partial charge is 0.494 e. The molecule has 0 aromatic heterocycles. The second-order valence-corrected chi connectivity index (χ2v) is 5.02. The SMILES string of the molecule is CCCNC(COc1ccc(OCC)cc1)C(C)C. The predicted octanol–water partition coefficient (Wildman–Crippen LogP) is 3.49. The third-order valence-corrected chi connectivity index (χ3v) is 3.03. The summed E-state index contributed by atoms with van der Waals surface area (Å²) in [5, 5.41) is 3.52. The summed E-state index contributed by atoms with van der Waals surface area (Å²) < 4.78 is 11.3. The smallest absolute Gasteiger partial charge is 0.119 e. The minimum absolute atomic E-state index is 0.395. The van der Waals surface area contributed by atoms with Crippen molar-refractivity contribution >= 4 is 0 Å². The van der Waals surface area contributed by atoms with Crippen LogP contribution in [0.5, 0.6) is 11.5 Å². The van der Waals surface area contributed by atoms with Crippen LogP contribution in [0.25, 0.3) is 0 Å². The van der Waals surface area contributed by atoms with E-state index in [1.54, 1.807) is 0 Å². The van der Waals surface area contributed by atoms with Crippen molar-refractivity contribution in [1.29, 1.82) is 0 Å². The Morgan fingerprint density at radius 1 is 1.00 bits per heavy atom. The van der Waals surface area contributed by atoms with Gasteiger partial charge < -0.3 is 14.8 Å². The molecule has 0 aliphatic rings. The molecule has 1 aromatic rings. The van der Waals surface area contributed by atoms with Gasteiger partial charge in [0, 0.05) is 6.04 Å². The summed E-state index contributed by atoms with van der Waals surface area (Å²) in [6.07, 6.45) is 1.15. The molecule has 1 aromatic carbocycles. The van der Waals surface area contributed by atoms with Gasteiger partial charge in [0.25, 0.3) is 0 Å². The fraction of sp³-hybridized carbons (Fsp3) is 0.625. The van der Waals surface area contributed by atoms with Gasteiger partial charge >= 0.3 is 0 Å². The van der Waals surface area contributed by atoms with E-state index in [4.69, 9.17) is 9.47 Å². The van der Waals surface area contributed by atoms with Crippen molar-refractivity contribution in [2.45, 2.75) is 40.2 Å². The molecule has 1 rings (SSSR count). The molecule has 0 radical (unpaired) electrons. The molecule has 1 unspecified atom stereocenters. The quantitative estimate of drug-likeness (QED) is 0.741. The number of ether oxygens (including phenoxy) is 2. The molecule has 1 N–H and O–H groups in total. The molecule has 0 spiro atoms. The summed E-state index contributed by atoms with van der Waals surface area (Å²) in [6.45, 7) is 11.0. The van der Waals surface area contributed by atoms with Crippen molar-refractivity contribution in [2.75, 3.05) is 19.8 Å². The minimum Gasteiger partial charge on any atom is -0.494 e. The molecular formula is C16H27NO2. The summed E-state index contributed by atoms with van der Waals surface area (Å²) in [6, 6.07) is 8.21. The number of hydrogen-bond acceptors (Lipinski definition) is 3. The van der Waals surface area contributed by atoms with Crippen molar-refractivity contribution in [2.24, 2.45) is 5.92 Å². The highest BCUT2D eigenvalue weighted by atomic mass is 16.5. The summed E-state index contributed by atoms with van der Waals surface area (Å²) >= 11 is 0. The molecule has 0 saturated heterocycles. The fourth-order valence-electron chi connectivity index (χ4n) is 1.80. The maximum atomic E-state index is 5.84. The predicted molar refractivity (Wildman–Crippen MR) is 80.0 cm³/mol. The monoisotopic (exact) mass is 265 g/mol. The maximum absolute atomic E-state index is 5.84. The van der Waals surface area contributed by atoms with Crippen LogP contribution in [0.15, 0.2) is 24.3 Å². The van der Waals surface area contributed by atoms with Crippen molar-refractivity contribution in [3.8, 4) is 11.5 Å². The van der Waals surface area contributed by atoms with Gasteiger partial charge in [0.2, 0.25) is 0 Å². The molecule has 3 heteroatoms. The van der Waals surface area contributed by atoms with E-state index in [-0.39, 0.29) is 0 Å². The van der Waals surface area contributed by atoms with E-state index in [0.717, 1.165) is 24.5 Å². The lowest BCUT2D eigenvalue weighted by Crippen LogP contribution is -2.39. The van der Waals surface area contributed by atoms with Gasteiger partial charge in [-0.3, -0.25) is 0 Å². The molecule has 3 nitrogen and oxygen atoms in total. The molecule has 0 fully saturated rings. The first kappa shape index (κ1) is 15.8. The third kappa shape index (κ3) is 5.97. The van der Waals surface area contributed by atoms with Crippen LogP contribution in [-0.4, -0.2) is 25.8 Å². The third-order valence-electron chi connectivity index (χ3n) is 3.03. The highest BCUT2D eigenvalue weighted by Crippen LogP contribution is 2.18. The highest BCUT2D eigenvalue weighted by Gasteiger charge is 2.12. The Balaban J connectivity index is 2.44. The summed E-state index contributed by atoms with van der Waals surface area (Å²) in [5.41, 5.74) is 0. The molecule has 0 heterocycles. The van der Waals surface area contributed by atoms with E-state index in [0.29, 0.717) is 25.2 Å².